The van der Waals surface area contributed by atoms with Crippen LogP contribution < -0.4 is 0 Å². The lowest BCUT2D eigenvalue weighted by Gasteiger charge is -2.57. The van der Waals surface area contributed by atoms with Crippen LogP contribution >= 0.6 is 0 Å². The Hall–Kier alpha value is -1.32. The topological polar surface area (TPSA) is 74.6 Å². The Bertz CT molecular complexity index is 526. The summed E-state index contributed by atoms with van der Waals surface area (Å²) in [6, 6.07) is 0. The van der Waals surface area contributed by atoms with Crippen molar-refractivity contribution in [3.8, 4) is 0 Å². The fourth-order valence-corrected chi connectivity index (χ4v) is 5.59. The molecule has 2 aliphatic rings. The number of fused-ring (bicyclic) bond motifs is 1. The third-order valence-electron chi connectivity index (χ3n) is 6.98. The van der Waals surface area contributed by atoms with E-state index in [2.05, 4.69) is 13.5 Å². The highest BCUT2D eigenvalue weighted by Gasteiger charge is 2.57. The fourth-order valence-electron chi connectivity index (χ4n) is 5.59. The molecule has 0 radical (unpaired) electrons. The minimum Gasteiger partial charge on any atom is -0.481 e. The summed E-state index contributed by atoms with van der Waals surface area (Å²) in [4.78, 5) is 22.9. The van der Waals surface area contributed by atoms with Gasteiger partial charge in [-0.3, -0.25) is 9.59 Å². The Morgan fingerprint density at radius 1 is 1.29 bits per heavy atom. The molecule has 24 heavy (non-hydrogen) atoms. The summed E-state index contributed by atoms with van der Waals surface area (Å²) >= 11 is 0. The average molecular weight is 336 g/mol. The van der Waals surface area contributed by atoms with E-state index < -0.39 is 17.4 Å². The maximum absolute atomic E-state index is 12.0. The molecule has 0 aromatic heterocycles. The monoisotopic (exact) mass is 336 g/mol. The number of carbonyl (C=O) groups is 2. The zero-order chi connectivity index (χ0) is 18.1. The number of allylic oxidation sites excluding steroid dienone is 1. The smallest absolute Gasteiger partial charge is 0.309 e. The molecule has 2 rings (SSSR count). The first-order valence-electron chi connectivity index (χ1n) is 9.24. The van der Waals surface area contributed by atoms with Crippen molar-refractivity contribution in [1.82, 2.24) is 0 Å². The number of carboxylic acids is 2. The Labute approximate surface area is 145 Å². The van der Waals surface area contributed by atoms with Crippen molar-refractivity contribution in [3.05, 3.63) is 12.2 Å². The van der Waals surface area contributed by atoms with Gasteiger partial charge in [-0.1, -0.05) is 32.4 Å². The highest BCUT2D eigenvalue weighted by Crippen LogP contribution is 2.62. The van der Waals surface area contributed by atoms with Gasteiger partial charge in [0.1, 0.15) is 0 Å². The zero-order valence-electron chi connectivity index (χ0n) is 15.3. The van der Waals surface area contributed by atoms with Crippen molar-refractivity contribution in [2.75, 3.05) is 0 Å². The quantitative estimate of drug-likeness (QED) is 0.687. The van der Waals surface area contributed by atoms with Crippen LogP contribution in [0.15, 0.2) is 12.2 Å². The Morgan fingerprint density at radius 2 is 1.96 bits per heavy atom. The second-order valence-electron chi connectivity index (χ2n) is 8.66. The van der Waals surface area contributed by atoms with Crippen molar-refractivity contribution in [2.24, 2.45) is 28.6 Å². The number of hydrogen-bond acceptors (Lipinski definition) is 2. The maximum Gasteiger partial charge on any atom is 0.309 e. The molecule has 0 saturated heterocycles. The first-order chi connectivity index (χ1) is 11.1. The predicted octanol–water partition coefficient (Wildman–Crippen LogP) is 4.74. The molecule has 0 aromatic carbocycles. The molecule has 4 nitrogen and oxygen atoms in total. The predicted molar refractivity (Wildman–Crippen MR) is 93.7 cm³/mol. The van der Waals surface area contributed by atoms with E-state index in [1.807, 2.05) is 13.8 Å². The van der Waals surface area contributed by atoms with Crippen LogP contribution in [-0.4, -0.2) is 22.2 Å². The van der Waals surface area contributed by atoms with Gasteiger partial charge in [-0.2, -0.15) is 0 Å². The molecule has 0 heterocycles. The second-order valence-corrected chi connectivity index (χ2v) is 8.66. The molecular weight excluding hydrogens is 304 g/mol. The molecule has 0 aromatic rings. The number of aliphatic carboxylic acids is 2. The van der Waals surface area contributed by atoms with Crippen molar-refractivity contribution in [2.45, 2.75) is 72.1 Å². The lowest BCUT2D eigenvalue weighted by molar-refractivity contribution is -0.164. The van der Waals surface area contributed by atoms with Crippen molar-refractivity contribution >= 4 is 11.9 Å². The molecule has 2 saturated carbocycles. The van der Waals surface area contributed by atoms with Gasteiger partial charge in [0, 0.05) is 6.42 Å². The van der Waals surface area contributed by atoms with Gasteiger partial charge in [-0.05, 0) is 68.6 Å². The van der Waals surface area contributed by atoms with Gasteiger partial charge in [0.05, 0.1) is 5.41 Å². The highest BCUT2D eigenvalue weighted by atomic mass is 16.4. The molecule has 0 bridgehead atoms. The Morgan fingerprint density at radius 3 is 2.54 bits per heavy atom. The van der Waals surface area contributed by atoms with E-state index in [1.165, 1.54) is 5.57 Å². The number of hydrogen-bond donors (Lipinski definition) is 2. The van der Waals surface area contributed by atoms with Crippen LogP contribution in [0.25, 0.3) is 0 Å². The zero-order valence-corrected chi connectivity index (χ0v) is 15.3. The van der Waals surface area contributed by atoms with E-state index in [-0.39, 0.29) is 23.7 Å². The summed E-state index contributed by atoms with van der Waals surface area (Å²) in [7, 11) is 0. The van der Waals surface area contributed by atoms with E-state index in [9.17, 15) is 14.7 Å². The minimum absolute atomic E-state index is 0.0241. The Kier molecular flexibility index (Phi) is 5.46. The lowest BCUT2D eigenvalue weighted by atomic mass is 9.46. The van der Waals surface area contributed by atoms with E-state index in [4.69, 9.17) is 5.11 Å². The van der Waals surface area contributed by atoms with Gasteiger partial charge in [-0.15, -0.1) is 0 Å². The van der Waals surface area contributed by atoms with Crippen LogP contribution in [0.3, 0.4) is 0 Å². The van der Waals surface area contributed by atoms with Crippen LogP contribution in [0.5, 0.6) is 0 Å². The van der Waals surface area contributed by atoms with Crippen LogP contribution in [0.1, 0.15) is 72.1 Å². The largest absolute Gasteiger partial charge is 0.481 e. The molecular formula is C20H32O4. The summed E-state index contributed by atoms with van der Waals surface area (Å²) in [5.74, 6) is -0.768. The van der Waals surface area contributed by atoms with Gasteiger partial charge >= 0.3 is 11.9 Å². The van der Waals surface area contributed by atoms with Crippen LogP contribution in [-0.2, 0) is 9.59 Å². The van der Waals surface area contributed by atoms with Gasteiger partial charge in [0.15, 0.2) is 0 Å². The fraction of sp³-hybridized carbons (Fsp3) is 0.800. The third kappa shape index (κ3) is 3.38. The summed E-state index contributed by atoms with van der Waals surface area (Å²) < 4.78 is 0. The first kappa shape index (κ1) is 19.0. The van der Waals surface area contributed by atoms with Crippen molar-refractivity contribution in [1.29, 1.82) is 0 Å². The van der Waals surface area contributed by atoms with Crippen molar-refractivity contribution < 1.29 is 19.8 Å². The maximum atomic E-state index is 12.0. The summed E-state index contributed by atoms with van der Waals surface area (Å²) in [6.07, 6.45) is 6.57. The first-order valence-corrected chi connectivity index (χ1v) is 9.24. The third-order valence-corrected chi connectivity index (χ3v) is 6.98. The number of carboxylic acid groups (broad SMARTS) is 2. The van der Waals surface area contributed by atoms with Gasteiger partial charge < -0.3 is 10.2 Å². The second kappa shape index (κ2) is 6.89. The van der Waals surface area contributed by atoms with E-state index in [0.717, 1.165) is 44.9 Å². The molecule has 2 fully saturated rings. The summed E-state index contributed by atoms with van der Waals surface area (Å²) in [5, 5.41) is 18.8. The number of rotatable bonds is 6. The SMILES string of the molecule is C=C1CCC2[C@](C)(C(=O)O)CCC[C@]2(C)[C@@H]1CC[C@H](C)CC(=O)O. The van der Waals surface area contributed by atoms with E-state index in [0.29, 0.717) is 5.92 Å². The Balaban J connectivity index is 2.19. The molecule has 4 heteroatoms. The van der Waals surface area contributed by atoms with Crippen molar-refractivity contribution in [3.63, 3.8) is 0 Å². The normalized spacial score (nSPS) is 37.5. The average Bonchev–Trinajstić information content (AvgIpc) is 2.45. The molecule has 2 aliphatic carbocycles. The molecule has 0 spiro atoms. The highest BCUT2D eigenvalue weighted by molar-refractivity contribution is 5.75. The molecule has 0 amide bonds. The standard InChI is InChI=1S/C20H32O4/c1-13(12-17(21)22)6-8-15-14(2)7-9-16-19(15,3)10-5-11-20(16,4)18(23)24/h13,15-16H,2,5-12H2,1,3-4H3,(H,21,22)(H,23,24)/t13-,15+,16?,19+,20+/m0/s1. The lowest BCUT2D eigenvalue weighted by Crippen LogP contribution is -2.53. The van der Waals surface area contributed by atoms with Crippen LogP contribution in [0.2, 0.25) is 0 Å². The van der Waals surface area contributed by atoms with E-state index >= 15 is 0 Å². The molecule has 0 aliphatic heterocycles. The van der Waals surface area contributed by atoms with Crippen LogP contribution in [0, 0.1) is 28.6 Å². The summed E-state index contributed by atoms with van der Waals surface area (Å²) in [6.45, 7) is 10.5. The minimum atomic E-state index is -0.745. The van der Waals surface area contributed by atoms with E-state index in [1.54, 1.807) is 0 Å². The summed E-state index contributed by atoms with van der Waals surface area (Å²) in [5.41, 5.74) is 0.577. The molecule has 136 valence electrons. The van der Waals surface area contributed by atoms with Crippen LogP contribution in [0.4, 0.5) is 0 Å². The van der Waals surface area contributed by atoms with Gasteiger partial charge in [0.25, 0.3) is 0 Å². The molecule has 5 atom stereocenters. The molecule has 1 unspecified atom stereocenters. The molecule has 2 N–H and O–H groups in total. The van der Waals surface area contributed by atoms with Gasteiger partial charge in [0.2, 0.25) is 0 Å². The van der Waals surface area contributed by atoms with Gasteiger partial charge in [-0.25, -0.2) is 0 Å².